The van der Waals surface area contributed by atoms with Gasteiger partial charge in [0.1, 0.15) is 0 Å². The molecule has 0 fully saturated rings. The normalized spacial score (nSPS) is 24.1. The first-order valence-corrected chi connectivity index (χ1v) is 5.51. The zero-order valence-corrected chi connectivity index (χ0v) is 9.03. The third-order valence-corrected chi connectivity index (χ3v) is 3.63. The molecule has 1 unspecified atom stereocenters. The average molecular weight is 218 g/mol. The van der Waals surface area contributed by atoms with Crippen LogP contribution >= 0.6 is 22.9 Å². The van der Waals surface area contributed by atoms with E-state index >= 15 is 0 Å². The van der Waals surface area contributed by atoms with Crippen LogP contribution in [-0.2, 0) is 6.54 Å². The van der Waals surface area contributed by atoms with Crippen LogP contribution < -0.4 is 0 Å². The average Bonchev–Trinajstić information content (AvgIpc) is 2.37. The Morgan fingerprint density at radius 3 is 3.23 bits per heavy atom. The van der Waals surface area contributed by atoms with Crippen molar-refractivity contribution in [3.05, 3.63) is 20.8 Å². The van der Waals surface area contributed by atoms with E-state index in [1.807, 2.05) is 6.07 Å². The van der Waals surface area contributed by atoms with Crippen LogP contribution in [0.25, 0.3) is 0 Å². The molecule has 2 nitrogen and oxygen atoms in total. The van der Waals surface area contributed by atoms with E-state index in [4.69, 9.17) is 11.6 Å². The number of halogens is 1. The Labute approximate surface area is 86.7 Å². The molecule has 13 heavy (non-hydrogen) atoms. The van der Waals surface area contributed by atoms with Gasteiger partial charge in [-0.2, -0.15) is 0 Å². The fourth-order valence-electron chi connectivity index (χ4n) is 1.64. The molecular weight excluding hydrogens is 206 g/mol. The van der Waals surface area contributed by atoms with Crippen LogP contribution in [0.4, 0.5) is 0 Å². The second-order valence-corrected chi connectivity index (χ2v) is 5.24. The summed E-state index contributed by atoms with van der Waals surface area (Å²) >= 11 is 7.48. The smallest absolute Gasteiger partial charge is 0.0935 e. The standard InChI is InChI=1S/C9H12ClNOS/c1-11-3-2-7(12)6-4-9(10)13-8(6)5-11/h4,7,12H,2-3,5H2,1H3. The van der Waals surface area contributed by atoms with Crippen molar-refractivity contribution in [1.82, 2.24) is 4.90 Å². The van der Waals surface area contributed by atoms with E-state index in [1.165, 1.54) is 4.88 Å². The Hall–Kier alpha value is -0.0900. The molecule has 1 N–H and O–H groups in total. The van der Waals surface area contributed by atoms with Gasteiger partial charge in [0.25, 0.3) is 0 Å². The molecule has 0 saturated heterocycles. The van der Waals surface area contributed by atoms with Crippen molar-refractivity contribution in [2.75, 3.05) is 13.6 Å². The zero-order chi connectivity index (χ0) is 9.42. The van der Waals surface area contributed by atoms with Crippen LogP contribution in [0.15, 0.2) is 6.07 Å². The second-order valence-electron chi connectivity index (χ2n) is 3.47. The van der Waals surface area contributed by atoms with Gasteiger partial charge >= 0.3 is 0 Å². The second kappa shape index (κ2) is 3.58. The van der Waals surface area contributed by atoms with Crippen molar-refractivity contribution in [2.24, 2.45) is 0 Å². The minimum atomic E-state index is -0.330. The third-order valence-electron chi connectivity index (χ3n) is 2.37. The topological polar surface area (TPSA) is 23.5 Å². The zero-order valence-electron chi connectivity index (χ0n) is 7.46. The molecule has 1 atom stereocenters. The number of thiophene rings is 1. The molecule has 0 bridgehead atoms. The fourth-order valence-corrected chi connectivity index (χ4v) is 3.05. The van der Waals surface area contributed by atoms with Crippen molar-refractivity contribution in [3.63, 3.8) is 0 Å². The maximum Gasteiger partial charge on any atom is 0.0935 e. The maximum atomic E-state index is 9.79. The van der Waals surface area contributed by atoms with Crippen molar-refractivity contribution >= 4 is 22.9 Å². The third kappa shape index (κ3) is 1.89. The Morgan fingerprint density at radius 2 is 2.46 bits per heavy atom. The lowest BCUT2D eigenvalue weighted by Crippen LogP contribution is -2.16. The SMILES string of the molecule is CN1CCC(O)c2cc(Cl)sc2C1. The summed E-state index contributed by atoms with van der Waals surface area (Å²) < 4.78 is 0.777. The summed E-state index contributed by atoms with van der Waals surface area (Å²) in [6.45, 7) is 1.85. The molecule has 1 aliphatic rings. The highest BCUT2D eigenvalue weighted by Gasteiger charge is 2.21. The molecule has 1 aromatic rings. The highest BCUT2D eigenvalue weighted by atomic mass is 35.5. The summed E-state index contributed by atoms with van der Waals surface area (Å²) in [6.07, 6.45) is 0.472. The molecule has 4 heteroatoms. The molecule has 0 saturated carbocycles. The lowest BCUT2D eigenvalue weighted by atomic mass is 10.1. The number of aliphatic hydroxyl groups excluding tert-OH is 1. The fraction of sp³-hybridized carbons (Fsp3) is 0.556. The number of rotatable bonds is 0. The van der Waals surface area contributed by atoms with Gasteiger partial charge in [0, 0.05) is 18.0 Å². The first-order chi connectivity index (χ1) is 6.16. The minimum absolute atomic E-state index is 0.330. The van der Waals surface area contributed by atoms with Crippen LogP contribution in [-0.4, -0.2) is 23.6 Å². The Kier molecular flexibility index (Phi) is 2.60. The highest BCUT2D eigenvalue weighted by Crippen LogP contribution is 2.35. The van der Waals surface area contributed by atoms with E-state index in [0.717, 1.165) is 29.4 Å². The number of nitrogens with zero attached hydrogens (tertiary/aromatic N) is 1. The van der Waals surface area contributed by atoms with Gasteiger partial charge < -0.3 is 10.0 Å². The van der Waals surface area contributed by atoms with Crippen LogP contribution in [0.2, 0.25) is 4.34 Å². The maximum absolute atomic E-state index is 9.79. The monoisotopic (exact) mass is 217 g/mol. The Morgan fingerprint density at radius 1 is 1.69 bits per heavy atom. The summed E-state index contributed by atoms with van der Waals surface area (Å²) in [5.41, 5.74) is 1.03. The summed E-state index contributed by atoms with van der Waals surface area (Å²) in [5.74, 6) is 0. The molecule has 0 aliphatic carbocycles. The molecular formula is C9H12ClNOS. The molecule has 1 aliphatic heterocycles. The van der Waals surface area contributed by atoms with Crippen LogP contribution in [0, 0.1) is 0 Å². The van der Waals surface area contributed by atoms with Gasteiger partial charge in [0.05, 0.1) is 10.4 Å². The molecule has 0 radical (unpaired) electrons. The molecule has 1 aromatic heterocycles. The van der Waals surface area contributed by atoms with Crippen LogP contribution in [0.1, 0.15) is 23.0 Å². The van der Waals surface area contributed by atoms with Gasteiger partial charge in [-0.05, 0) is 25.1 Å². The Bertz CT molecular complexity index is 313. The van der Waals surface area contributed by atoms with Crippen LogP contribution in [0.5, 0.6) is 0 Å². The lowest BCUT2D eigenvalue weighted by Gasteiger charge is -2.11. The Balaban J connectivity index is 2.36. The van der Waals surface area contributed by atoms with Gasteiger partial charge in [-0.3, -0.25) is 0 Å². The molecule has 72 valence electrons. The van der Waals surface area contributed by atoms with Gasteiger partial charge in [0.15, 0.2) is 0 Å². The summed E-state index contributed by atoms with van der Waals surface area (Å²) in [4.78, 5) is 3.42. The summed E-state index contributed by atoms with van der Waals surface area (Å²) in [7, 11) is 2.06. The predicted molar refractivity (Wildman–Crippen MR) is 55.2 cm³/mol. The molecule has 0 spiro atoms. The largest absolute Gasteiger partial charge is 0.388 e. The quantitative estimate of drug-likeness (QED) is 0.721. The van der Waals surface area contributed by atoms with Crippen molar-refractivity contribution in [2.45, 2.75) is 19.1 Å². The molecule has 2 rings (SSSR count). The lowest BCUT2D eigenvalue weighted by molar-refractivity contribution is 0.158. The number of fused-ring (bicyclic) bond motifs is 1. The van der Waals surface area contributed by atoms with E-state index in [-0.39, 0.29) is 6.10 Å². The predicted octanol–water partition coefficient (Wildman–Crippen LogP) is 2.27. The first kappa shape index (κ1) is 9.46. The molecule has 0 aromatic carbocycles. The van der Waals surface area contributed by atoms with E-state index < -0.39 is 0 Å². The van der Waals surface area contributed by atoms with Gasteiger partial charge in [0.2, 0.25) is 0 Å². The number of aliphatic hydroxyl groups is 1. The molecule has 2 heterocycles. The van der Waals surface area contributed by atoms with E-state index in [9.17, 15) is 5.11 Å². The van der Waals surface area contributed by atoms with Crippen molar-refractivity contribution in [1.29, 1.82) is 0 Å². The van der Waals surface area contributed by atoms with E-state index in [1.54, 1.807) is 11.3 Å². The van der Waals surface area contributed by atoms with Gasteiger partial charge in [-0.15, -0.1) is 11.3 Å². The number of hydrogen-bond acceptors (Lipinski definition) is 3. The summed E-state index contributed by atoms with van der Waals surface area (Å²) in [6, 6.07) is 1.89. The number of hydrogen-bond donors (Lipinski definition) is 1. The first-order valence-electron chi connectivity index (χ1n) is 4.31. The highest BCUT2D eigenvalue weighted by molar-refractivity contribution is 7.16. The van der Waals surface area contributed by atoms with Crippen molar-refractivity contribution in [3.8, 4) is 0 Å². The van der Waals surface area contributed by atoms with Crippen LogP contribution in [0.3, 0.4) is 0 Å². The summed E-state index contributed by atoms with van der Waals surface area (Å²) in [5, 5.41) is 9.79. The van der Waals surface area contributed by atoms with Gasteiger partial charge in [-0.25, -0.2) is 0 Å². The van der Waals surface area contributed by atoms with E-state index in [0.29, 0.717) is 0 Å². The molecule has 0 amide bonds. The minimum Gasteiger partial charge on any atom is -0.388 e. The van der Waals surface area contributed by atoms with Crippen molar-refractivity contribution < 1.29 is 5.11 Å². The van der Waals surface area contributed by atoms with Gasteiger partial charge in [-0.1, -0.05) is 11.6 Å². The van der Waals surface area contributed by atoms with E-state index in [2.05, 4.69) is 11.9 Å².